The molecule has 11 heteroatoms. The van der Waals surface area contributed by atoms with Crippen LogP contribution in [0.5, 0.6) is 5.75 Å². The van der Waals surface area contributed by atoms with Crippen molar-refractivity contribution in [3.8, 4) is 5.75 Å². The van der Waals surface area contributed by atoms with E-state index in [1.165, 1.54) is 30.6 Å². The quantitative estimate of drug-likeness (QED) is 0.324. The summed E-state index contributed by atoms with van der Waals surface area (Å²) in [4.78, 5) is 20.1. The molecule has 0 fully saturated rings. The van der Waals surface area contributed by atoms with Gasteiger partial charge in [0.05, 0.1) is 15.8 Å². The van der Waals surface area contributed by atoms with E-state index < -0.39 is 12.3 Å². The minimum atomic E-state index is -4.76. The van der Waals surface area contributed by atoms with Crippen LogP contribution in [0.1, 0.15) is 12.5 Å². The third-order valence-corrected chi connectivity index (χ3v) is 3.96. The molecule has 0 aliphatic rings. The smallest absolute Gasteiger partial charge is 0.462 e. The van der Waals surface area contributed by atoms with Gasteiger partial charge in [-0.1, -0.05) is 0 Å². The van der Waals surface area contributed by atoms with Gasteiger partial charge in [0, 0.05) is 12.7 Å². The number of esters is 1. The Labute approximate surface area is 172 Å². The molecule has 1 aromatic heterocycles. The number of carbonyl (C=O) groups excluding carboxylic acids is 1. The molecular formula is C17H16F3IN4O3. The van der Waals surface area contributed by atoms with Gasteiger partial charge in [0.15, 0.2) is 0 Å². The molecular weight excluding hydrogens is 492 g/mol. The zero-order valence-electron chi connectivity index (χ0n) is 14.8. The van der Waals surface area contributed by atoms with Crippen LogP contribution in [0.25, 0.3) is 6.08 Å². The first-order valence-corrected chi connectivity index (χ1v) is 9.01. The topological polar surface area (TPSA) is 85.4 Å². The maximum absolute atomic E-state index is 12.3. The second-order valence-corrected chi connectivity index (χ2v) is 6.31. The highest BCUT2D eigenvalue weighted by Gasteiger charge is 2.30. The van der Waals surface area contributed by atoms with Crippen molar-refractivity contribution in [2.45, 2.75) is 13.3 Å². The minimum absolute atomic E-state index is 0.237. The predicted octanol–water partition coefficient (Wildman–Crippen LogP) is 4.50. The highest BCUT2D eigenvalue weighted by Crippen LogP contribution is 2.29. The third kappa shape index (κ3) is 6.25. The van der Waals surface area contributed by atoms with Crippen LogP contribution in [0.15, 0.2) is 34.2 Å². The van der Waals surface area contributed by atoms with Crippen LogP contribution < -0.4 is 15.4 Å². The number of rotatable bonds is 7. The number of nitrogens with zero attached hydrogens (tertiary/aromatic N) is 2. The summed E-state index contributed by atoms with van der Waals surface area (Å²) in [5.41, 5.74) is 0.953. The SMILES string of the molecule is CCOC(=O)/C(I)=C/c1c(NC)ncnc1Nc1ccc(OC(F)(F)F)cc1. The fraction of sp³-hybridized carbons (Fsp3) is 0.235. The average molecular weight is 508 g/mol. The monoisotopic (exact) mass is 508 g/mol. The Kier molecular flexibility index (Phi) is 7.43. The molecule has 1 heterocycles. The summed E-state index contributed by atoms with van der Waals surface area (Å²) < 4.78 is 45.9. The lowest BCUT2D eigenvalue weighted by molar-refractivity contribution is -0.274. The minimum Gasteiger partial charge on any atom is -0.462 e. The van der Waals surface area contributed by atoms with Gasteiger partial charge in [-0.2, -0.15) is 0 Å². The van der Waals surface area contributed by atoms with Crippen molar-refractivity contribution in [2.24, 2.45) is 0 Å². The van der Waals surface area contributed by atoms with Crippen LogP contribution in [-0.2, 0) is 9.53 Å². The van der Waals surface area contributed by atoms with E-state index in [0.717, 1.165) is 0 Å². The lowest BCUT2D eigenvalue weighted by atomic mass is 10.2. The summed E-state index contributed by atoms with van der Waals surface area (Å²) >= 11 is 1.84. The van der Waals surface area contributed by atoms with Crippen LogP contribution in [0, 0.1) is 0 Å². The summed E-state index contributed by atoms with van der Waals surface area (Å²) in [5.74, 6) is -0.0301. The maximum atomic E-state index is 12.3. The fourth-order valence-corrected chi connectivity index (χ4v) is 2.56. The van der Waals surface area contributed by atoms with Gasteiger partial charge < -0.3 is 20.1 Å². The molecule has 7 nitrogen and oxygen atoms in total. The molecule has 0 saturated carbocycles. The highest BCUT2D eigenvalue weighted by molar-refractivity contribution is 14.1. The molecule has 28 heavy (non-hydrogen) atoms. The number of hydrogen-bond donors (Lipinski definition) is 2. The fourth-order valence-electron chi connectivity index (χ4n) is 2.09. The van der Waals surface area contributed by atoms with Crippen molar-refractivity contribution in [2.75, 3.05) is 24.3 Å². The molecule has 0 amide bonds. The maximum Gasteiger partial charge on any atom is 0.573 e. The average Bonchev–Trinajstić information content (AvgIpc) is 2.63. The van der Waals surface area contributed by atoms with Gasteiger partial charge >= 0.3 is 12.3 Å². The van der Waals surface area contributed by atoms with E-state index in [2.05, 4.69) is 25.3 Å². The van der Waals surface area contributed by atoms with Gasteiger partial charge in [0.1, 0.15) is 23.7 Å². The van der Waals surface area contributed by atoms with Gasteiger partial charge in [-0.25, -0.2) is 14.8 Å². The van der Waals surface area contributed by atoms with E-state index >= 15 is 0 Å². The lowest BCUT2D eigenvalue weighted by Gasteiger charge is -2.13. The van der Waals surface area contributed by atoms with E-state index in [1.54, 1.807) is 20.0 Å². The summed E-state index contributed by atoms with van der Waals surface area (Å²) in [7, 11) is 1.66. The second kappa shape index (κ2) is 9.57. The lowest BCUT2D eigenvalue weighted by Crippen LogP contribution is -2.17. The zero-order chi connectivity index (χ0) is 20.7. The molecule has 0 atom stereocenters. The molecule has 0 saturated heterocycles. The molecule has 2 N–H and O–H groups in total. The number of nitrogens with one attached hydrogen (secondary N) is 2. The summed E-state index contributed by atoms with van der Waals surface area (Å²) in [6, 6.07) is 5.17. The molecule has 1 aromatic carbocycles. The number of alkyl halides is 3. The van der Waals surface area contributed by atoms with Crippen LogP contribution in [0.3, 0.4) is 0 Å². The molecule has 2 rings (SSSR count). The van der Waals surface area contributed by atoms with Crippen LogP contribution in [-0.4, -0.2) is 36.0 Å². The summed E-state index contributed by atoms with van der Waals surface area (Å²) in [5, 5.41) is 5.88. The van der Waals surface area contributed by atoms with Crippen LogP contribution in [0.4, 0.5) is 30.5 Å². The molecule has 0 aliphatic heterocycles. The van der Waals surface area contributed by atoms with Gasteiger partial charge in [-0.15, -0.1) is 13.2 Å². The zero-order valence-corrected chi connectivity index (χ0v) is 17.0. The van der Waals surface area contributed by atoms with Crippen molar-refractivity contribution >= 4 is 52.0 Å². The van der Waals surface area contributed by atoms with E-state index in [9.17, 15) is 18.0 Å². The van der Waals surface area contributed by atoms with Crippen LogP contribution >= 0.6 is 22.6 Å². The van der Waals surface area contributed by atoms with Crippen LogP contribution in [0.2, 0.25) is 0 Å². The first kappa shape index (κ1) is 21.7. The van der Waals surface area contributed by atoms with Crippen molar-refractivity contribution in [3.63, 3.8) is 0 Å². The van der Waals surface area contributed by atoms with Crippen molar-refractivity contribution in [3.05, 3.63) is 39.7 Å². The molecule has 0 radical (unpaired) electrons. The molecule has 0 aliphatic carbocycles. The third-order valence-electron chi connectivity index (χ3n) is 3.21. The first-order chi connectivity index (χ1) is 13.2. The number of ether oxygens (including phenoxy) is 2. The number of hydrogen-bond acceptors (Lipinski definition) is 7. The Morgan fingerprint density at radius 3 is 2.43 bits per heavy atom. The van der Waals surface area contributed by atoms with Gasteiger partial charge in [0.25, 0.3) is 0 Å². The Bertz CT molecular complexity index is 858. The van der Waals surface area contributed by atoms with E-state index in [4.69, 9.17) is 4.74 Å². The molecule has 2 aromatic rings. The second-order valence-electron chi connectivity index (χ2n) is 5.14. The summed E-state index contributed by atoms with van der Waals surface area (Å²) in [6.45, 7) is 1.94. The Hall–Kier alpha value is -2.57. The first-order valence-electron chi connectivity index (χ1n) is 7.93. The number of anilines is 3. The molecule has 0 unspecified atom stereocenters. The van der Waals surface area contributed by atoms with Crippen molar-refractivity contribution < 1.29 is 27.4 Å². The van der Waals surface area contributed by atoms with Crippen molar-refractivity contribution in [1.82, 2.24) is 9.97 Å². The Balaban J connectivity index is 2.31. The van der Waals surface area contributed by atoms with E-state index in [1.807, 2.05) is 22.6 Å². The largest absolute Gasteiger partial charge is 0.573 e. The van der Waals surface area contributed by atoms with Crippen molar-refractivity contribution in [1.29, 1.82) is 0 Å². The molecule has 150 valence electrons. The van der Waals surface area contributed by atoms with E-state index in [-0.39, 0.29) is 12.4 Å². The highest BCUT2D eigenvalue weighted by atomic mass is 127. The molecule has 0 bridgehead atoms. The standard InChI is InChI=1S/C17H16F3IN4O3/c1-3-27-16(26)13(21)8-12-14(22-2)23-9-24-15(12)25-10-4-6-11(7-5-10)28-17(18,19)20/h4-9H,3H2,1-2H3,(H2,22,23,24,25)/b13-8-. The molecule has 0 spiro atoms. The van der Waals surface area contributed by atoms with E-state index in [0.29, 0.717) is 26.5 Å². The number of carbonyl (C=O) groups is 1. The van der Waals surface area contributed by atoms with Gasteiger partial charge in [-0.05, 0) is 59.9 Å². The van der Waals surface area contributed by atoms with Gasteiger partial charge in [-0.3, -0.25) is 0 Å². The predicted molar refractivity (Wildman–Crippen MR) is 107 cm³/mol. The number of halogens is 4. The Morgan fingerprint density at radius 2 is 1.86 bits per heavy atom. The van der Waals surface area contributed by atoms with Gasteiger partial charge in [0.2, 0.25) is 0 Å². The summed E-state index contributed by atoms with van der Waals surface area (Å²) in [6.07, 6.45) is -1.90. The Morgan fingerprint density at radius 1 is 1.21 bits per heavy atom. The number of benzene rings is 1. The normalized spacial score (nSPS) is 11.7. The number of aromatic nitrogens is 2.